The number of nitrogens with zero attached hydrogens (tertiary/aromatic N) is 1. The number of furan rings is 1. The van der Waals surface area contributed by atoms with Gasteiger partial charge in [-0.25, -0.2) is 4.79 Å². The highest BCUT2D eigenvalue weighted by atomic mass is 79.9. The van der Waals surface area contributed by atoms with Gasteiger partial charge in [0.15, 0.2) is 0 Å². The number of amides is 2. The number of aryl methyl sites for hydroxylation is 1. The Morgan fingerprint density at radius 1 is 1.38 bits per heavy atom. The summed E-state index contributed by atoms with van der Waals surface area (Å²) in [5.74, 6) is 1.89. The number of alkyl halides is 1. The fourth-order valence-corrected chi connectivity index (χ4v) is 2.98. The highest BCUT2D eigenvalue weighted by molar-refractivity contribution is 9.09. The minimum absolute atomic E-state index is 0.0195. The molecule has 2 heterocycles. The fraction of sp³-hybridized carbons (Fsp3) is 0.312. The Hall–Kier alpha value is -1.75. The summed E-state index contributed by atoms with van der Waals surface area (Å²) >= 11 is 3.70. The van der Waals surface area contributed by atoms with Gasteiger partial charge in [-0.2, -0.15) is 0 Å². The summed E-state index contributed by atoms with van der Waals surface area (Å²) in [6.07, 6.45) is 0.890. The number of fused-ring (bicyclic) bond motifs is 1. The molecule has 2 amide bonds. The normalized spacial score (nSPS) is 15.6. The van der Waals surface area contributed by atoms with Crippen molar-refractivity contribution >= 4 is 27.6 Å². The van der Waals surface area contributed by atoms with E-state index >= 15 is 0 Å². The molecule has 1 aliphatic heterocycles. The Balaban J connectivity index is 1.89. The molecular formula is C16H17BrN2O2. The van der Waals surface area contributed by atoms with Gasteiger partial charge in [-0.05, 0) is 29.3 Å². The van der Waals surface area contributed by atoms with Crippen LogP contribution >= 0.6 is 15.9 Å². The zero-order valence-electron chi connectivity index (χ0n) is 12.0. The van der Waals surface area contributed by atoms with Gasteiger partial charge < -0.3 is 14.6 Å². The molecule has 1 unspecified atom stereocenters. The second-order valence-corrected chi connectivity index (χ2v) is 6.14. The van der Waals surface area contributed by atoms with E-state index in [0.717, 1.165) is 34.8 Å². The van der Waals surface area contributed by atoms with Crippen LogP contribution in [-0.2, 0) is 13.0 Å². The molecule has 21 heavy (non-hydrogen) atoms. The lowest BCUT2D eigenvalue weighted by Gasteiger charge is -2.26. The van der Waals surface area contributed by atoms with E-state index < -0.39 is 0 Å². The number of carbonyl (C=O) groups is 1. The van der Waals surface area contributed by atoms with Gasteiger partial charge in [0.1, 0.15) is 11.5 Å². The van der Waals surface area contributed by atoms with E-state index in [9.17, 15) is 4.79 Å². The van der Waals surface area contributed by atoms with Crippen molar-refractivity contribution in [2.75, 3.05) is 12.4 Å². The zero-order chi connectivity index (χ0) is 15.0. The van der Waals surface area contributed by atoms with Crippen molar-refractivity contribution in [3.05, 3.63) is 53.0 Å². The summed E-state index contributed by atoms with van der Waals surface area (Å²) in [5, 5.41) is 2.88. The minimum Gasteiger partial charge on any atom is -0.465 e. The lowest BCUT2D eigenvalue weighted by Crippen LogP contribution is -2.35. The van der Waals surface area contributed by atoms with Gasteiger partial charge in [-0.1, -0.05) is 35.0 Å². The van der Waals surface area contributed by atoms with Crippen molar-refractivity contribution in [3.63, 3.8) is 0 Å². The van der Waals surface area contributed by atoms with E-state index in [0.29, 0.717) is 6.54 Å². The molecule has 1 aromatic carbocycles. The first-order chi connectivity index (χ1) is 10.1. The molecule has 0 radical (unpaired) electrons. The van der Waals surface area contributed by atoms with Crippen molar-refractivity contribution < 1.29 is 9.21 Å². The van der Waals surface area contributed by atoms with Crippen molar-refractivity contribution in [1.82, 2.24) is 4.90 Å². The predicted octanol–water partition coefficient (Wildman–Crippen LogP) is 4.30. The average molecular weight is 349 g/mol. The molecule has 1 aliphatic rings. The smallest absolute Gasteiger partial charge is 0.321 e. The van der Waals surface area contributed by atoms with E-state index in [4.69, 9.17) is 4.42 Å². The van der Waals surface area contributed by atoms with Crippen LogP contribution in [0.3, 0.4) is 0 Å². The highest BCUT2D eigenvalue weighted by Gasteiger charge is 2.21. The molecule has 5 heteroatoms. The molecule has 4 nitrogen and oxygen atoms in total. The first kappa shape index (κ1) is 14.2. The molecule has 1 N–H and O–H groups in total. The van der Waals surface area contributed by atoms with Crippen molar-refractivity contribution in [1.29, 1.82) is 0 Å². The maximum Gasteiger partial charge on any atom is 0.321 e. The largest absolute Gasteiger partial charge is 0.465 e. The van der Waals surface area contributed by atoms with E-state index in [1.54, 1.807) is 11.9 Å². The van der Waals surface area contributed by atoms with E-state index in [-0.39, 0.29) is 10.9 Å². The molecular weight excluding hydrogens is 332 g/mol. The third-order valence-corrected chi connectivity index (χ3v) is 4.68. The second-order valence-electron chi connectivity index (χ2n) is 5.22. The van der Waals surface area contributed by atoms with Gasteiger partial charge in [0.2, 0.25) is 0 Å². The monoisotopic (exact) mass is 348 g/mol. The first-order valence-electron chi connectivity index (χ1n) is 6.96. The van der Waals surface area contributed by atoms with Crippen molar-refractivity contribution in [3.8, 4) is 0 Å². The Morgan fingerprint density at radius 2 is 2.19 bits per heavy atom. The summed E-state index contributed by atoms with van der Waals surface area (Å²) < 4.78 is 5.80. The van der Waals surface area contributed by atoms with Crippen molar-refractivity contribution in [2.24, 2.45) is 0 Å². The first-order valence-corrected chi connectivity index (χ1v) is 7.87. The van der Waals surface area contributed by atoms with Crippen LogP contribution < -0.4 is 5.32 Å². The molecule has 0 aliphatic carbocycles. The summed E-state index contributed by atoms with van der Waals surface area (Å²) in [5.41, 5.74) is 3.12. The van der Waals surface area contributed by atoms with Crippen LogP contribution in [0.4, 0.5) is 10.5 Å². The van der Waals surface area contributed by atoms with Crippen LogP contribution in [0.25, 0.3) is 0 Å². The van der Waals surface area contributed by atoms with Gasteiger partial charge in [-0.15, -0.1) is 0 Å². The summed E-state index contributed by atoms with van der Waals surface area (Å²) in [6, 6.07) is 10.0. The molecule has 0 spiro atoms. The van der Waals surface area contributed by atoms with Gasteiger partial charge in [0.25, 0.3) is 0 Å². The summed E-state index contributed by atoms with van der Waals surface area (Å²) in [6.45, 7) is 2.69. The maximum atomic E-state index is 11.6. The topological polar surface area (TPSA) is 45.5 Å². The molecule has 1 aromatic heterocycles. The van der Waals surface area contributed by atoms with Crippen LogP contribution in [0.2, 0.25) is 0 Å². The summed E-state index contributed by atoms with van der Waals surface area (Å²) in [4.78, 5) is 13.3. The molecule has 110 valence electrons. The quantitative estimate of drug-likeness (QED) is 0.840. The minimum atomic E-state index is -0.0655. The number of hydrogen-bond donors (Lipinski definition) is 1. The van der Waals surface area contributed by atoms with E-state index in [2.05, 4.69) is 34.2 Å². The maximum absolute atomic E-state index is 11.6. The van der Waals surface area contributed by atoms with E-state index in [1.807, 2.05) is 24.3 Å². The SMILES string of the molecule is CCc1ccc(C(Br)c2ccc3c(c2)CN(C)C(=O)N3)o1. The Bertz CT molecular complexity index is 681. The second kappa shape index (κ2) is 5.56. The van der Waals surface area contributed by atoms with Crippen LogP contribution in [0.5, 0.6) is 0 Å². The Kier molecular flexibility index (Phi) is 3.76. The van der Waals surface area contributed by atoms with Crippen LogP contribution in [-0.4, -0.2) is 18.0 Å². The van der Waals surface area contributed by atoms with E-state index in [1.165, 1.54) is 0 Å². The fourth-order valence-electron chi connectivity index (χ4n) is 2.45. The van der Waals surface area contributed by atoms with Crippen LogP contribution in [0.15, 0.2) is 34.7 Å². The van der Waals surface area contributed by atoms with Crippen molar-refractivity contribution in [2.45, 2.75) is 24.7 Å². The molecule has 0 saturated carbocycles. The molecule has 3 rings (SSSR count). The van der Waals surface area contributed by atoms with Gasteiger partial charge in [0.05, 0.1) is 4.83 Å². The molecule has 1 atom stereocenters. The lowest BCUT2D eigenvalue weighted by molar-refractivity contribution is 0.218. The van der Waals surface area contributed by atoms with Crippen LogP contribution in [0, 0.1) is 0 Å². The predicted molar refractivity (Wildman–Crippen MR) is 85.8 cm³/mol. The Labute approximate surface area is 132 Å². The average Bonchev–Trinajstić information content (AvgIpc) is 2.96. The number of urea groups is 1. The third-order valence-electron chi connectivity index (χ3n) is 3.70. The Morgan fingerprint density at radius 3 is 2.90 bits per heavy atom. The number of hydrogen-bond acceptors (Lipinski definition) is 2. The number of benzene rings is 1. The van der Waals surface area contributed by atoms with Gasteiger partial charge >= 0.3 is 6.03 Å². The number of halogens is 1. The third kappa shape index (κ3) is 2.70. The molecule has 0 bridgehead atoms. The number of anilines is 1. The zero-order valence-corrected chi connectivity index (χ0v) is 13.6. The summed E-state index contributed by atoms with van der Waals surface area (Å²) in [7, 11) is 1.79. The standard InChI is InChI=1S/C16H17BrN2O2/c1-3-12-5-7-14(21-12)15(17)10-4-6-13-11(8-10)9-19(2)16(20)18-13/h4-8,15H,3,9H2,1-2H3,(H,18,20). The molecule has 0 fully saturated rings. The lowest BCUT2D eigenvalue weighted by atomic mass is 10.0. The molecule has 0 saturated heterocycles. The number of carbonyl (C=O) groups excluding carboxylic acids is 1. The highest BCUT2D eigenvalue weighted by Crippen LogP contribution is 2.35. The number of rotatable bonds is 3. The van der Waals surface area contributed by atoms with Gasteiger partial charge in [0, 0.05) is 25.7 Å². The number of nitrogens with one attached hydrogen (secondary N) is 1. The molecule has 2 aromatic rings. The van der Waals surface area contributed by atoms with Gasteiger partial charge in [-0.3, -0.25) is 0 Å². The van der Waals surface area contributed by atoms with Crippen LogP contribution in [0.1, 0.15) is 34.4 Å².